The molecule has 0 bridgehead atoms. The molecule has 5 heteroatoms. The lowest BCUT2D eigenvalue weighted by molar-refractivity contribution is 0.0999. The fourth-order valence-corrected chi connectivity index (χ4v) is 1.53. The fraction of sp³-hybridized carbons (Fsp3) is 0.538. The first-order valence-electron chi connectivity index (χ1n) is 6.10. The number of hydrogen-bond acceptors (Lipinski definition) is 4. The van der Waals surface area contributed by atoms with Crippen molar-refractivity contribution in [2.24, 2.45) is 11.5 Å². The highest BCUT2D eigenvalue weighted by Crippen LogP contribution is 2.16. The van der Waals surface area contributed by atoms with Gasteiger partial charge in [-0.2, -0.15) is 0 Å². The van der Waals surface area contributed by atoms with Gasteiger partial charge in [-0.05, 0) is 25.8 Å². The molecule has 0 aliphatic carbocycles. The second-order valence-electron chi connectivity index (χ2n) is 4.56. The second kappa shape index (κ2) is 5.82. The van der Waals surface area contributed by atoms with Gasteiger partial charge in [0.05, 0.1) is 0 Å². The van der Waals surface area contributed by atoms with Crippen molar-refractivity contribution in [3.63, 3.8) is 0 Å². The van der Waals surface area contributed by atoms with E-state index in [1.165, 1.54) is 0 Å². The molecule has 5 nitrogen and oxygen atoms in total. The Balaban J connectivity index is 2.82. The van der Waals surface area contributed by atoms with Gasteiger partial charge in [0.15, 0.2) is 0 Å². The van der Waals surface area contributed by atoms with Gasteiger partial charge in [-0.1, -0.05) is 13.8 Å². The maximum absolute atomic E-state index is 11.1. The Morgan fingerprint density at radius 3 is 2.50 bits per heavy atom. The van der Waals surface area contributed by atoms with Crippen LogP contribution >= 0.6 is 0 Å². The molecular formula is C13H21N3O2. The molecule has 0 radical (unpaired) electrons. The van der Waals surface area contributed by atoms with Crippen molar-refractivity contribution in [3.05, 3.63) is 23.4 Å². The SMILES string of the molecule is CCC(N)(CC)COc1cc(C(N)=O)cc(C)n1. The summed E-state index contributed by atoms with van der Waals surface area (Å²) in [6.45, 7) is 6.19. The molecule has 1 heterocycles. The van der Waals surface area contributed by atoms with Crippen LogP contribution in [0.5, 0.6) is 5.88 Å². The molecule has 0 fully saturated rings. The van der Waals surface area contributed by atoms with E-state index in [1.54, 1.807) is 19.1 Å². The molecule has 0 saturated heterocycles. The Hall–Kier alpha value is -1.62. The summed E-state index contributed by atoms with van der Waals surface area (Å²) in [4.78, 5) is 15.3. The van der Waals surface area contributed by atoms with E-state index in [0.717, 1.165) is 12.8 Å². The first kappa shape index (κ1) is 14.4. The molecule has 0 unspecified atom stereocenters. The maximum atomic E-state index is 11.1. The predicted octanol–water partition coefficient (Wildman–Crippen LogP) is 1.39. The molecule has 0 atom stereocenters. The van der Waals surface area contributed by atoms with Crippen LogP contribution in [0.1, 0.15) is 42.7 Å². The third-order valence-electron chi connectivity index (χ3n) is 3.13. The highest BCUT2D eigenvalue weighted by atomic mass is 16.5. The lowest BCUT2D eigenvalue weighted by atomic mass is 9.96. The Labute approximate surface area is 108 Å². The Morgan fingerprint density at radius 2 is 2.00 bits per heavy atom. The number of nitrogens with two attached hydrogens (primary N) is 2. The Bertz CT molecular complexity index is 428. The van der Waals surface area contributed by atoms with Crippen molar-refractivity contribution in [1.29, 1.82) is 0 Å². The number of carbonyl (C=O) groups excluding carboxylic acids is 1. The van der Waals surface area contributed by atoms with Crippen molar-refractivity contribution < 1.29 is 9.53 Å². The lowest BCUT2D eigenvalue weighted by Crippen LogP contribution is -2.44. The number of amides is 1. The van der Waals surface area contributed by atoms with Crippen LogP contribution < -0.4 is 16.2 Å². The van der Waals surface area contributed by atoms with Crippen molar-refractivity contribution in [1.82, 2.24) is 4.98 Å². The summed E-state index contributed by atoms with van der Waals surface area (Å²) in [7, 11) is 0. The van der Waals surface area contributed by atoms with Crippen molar-refractivity contribution >= 4 is 5.91 Å². The van der Waals surface area contributed by atoms with Gasteiger partial charge in [-0.3, -0.25) is 4.79 Å². The van der Waals surface area contributed by atoms with Crippen LogP contribution in [-0.2, 0) is 0 Å². The van der Waals surface area contributed by atoms with Crippen LogP contribution in [0.25, 0.3) is 0 Å². The van der Waals surface area contributed by atoms with E-state index < -0.39 is 5.91 Å². The molecule has 4 N–H and O–H groups in total. The van der Waals surface area contributed by atoms with Gasteiger partial charge in [0.2, 0.25) is 11.8 Å². The summed E-state index contributed by atoms with van der Waals surface area (Å²) < 4.78 is 5.58. The summed E-state index contributed by atoms with van der Waals surface area (Å²) in [5, 5.41) is 0. The van der Waals surface area contributed by atoms with E-state index in [4.69, 9.17) is 16.2 Å². The van der Waals surface area contributed by atoms with Gasteiger partial charge < -0.3 is 16.2 Å². The third-order valence-corrected chi connectivity index (χ3v) is 3.13. The van der Waals surface area contributed by atoms with E-state index in [2.05, 4.69) is 4.98 Å². The van der Waals surface area contributed by atoms with Crippen LogP contribution in [0.3, 0.4) is 0 Å². The van der Waals surface area contributed by atoms with Crippen molar-refractivity contribution in [2.45, 2.75) is 39.2 Å². The number of aromatic nitrogens is 1. The van der Waals surface area contributed by atoms with Gasteiger partial charge in [-0.15, -0.1) is 0 Å². The van der Waals surface area contributed by atoms with Gasteiger partial charge in [0, 0.05) is 22.9 Å². The van der Waals surface area contributed by atoms with Crippen molar-refractivity contribution in [2.75, 3.05) is 6.61 Å². The second-order valence-corrected chi connectivity index (χ2v) is 4.56. The molecule has 1 aromatic heterocycles. The molecule has 0 aromatic carbocycles. The van der Waals surface area contributed by atoms with Crippen molar-refractivity contribution in [3.8, 4) is 5.88 Å². The first-order chi connectivity index (χ1) is 8.40. The minimum atomic E-state index is -0.490. The molecule has 1 rings (SSSR count). The molecule has 0 aliphatic heterocycles. The Kier molecular flexibility index (Phi) is 4.67. The largest absolute Gasteiger partial charge is 0.476 e. The highest BCUT2D eigenvalue weighted by molar-refractivity contribution is 5.93. The standard InChI is InChI=1S/C13H21N3O2/c1-4-13(15,5-2)8-18-11-7-10(12(14)17)6-9(3)16-11/h6-7H,4-5,8,15H2,1-3H3,(H2,14,17). The van der Waals surface area contributed by atoms with Crippen LogP contribution in [0.4, 0.5) is 0 Å². The van der Waals surface area contributed by atoms with Crippen LogP contribution in [0.15, 0.2) is 12.1 Å². The number of hydrogen-bond donors (Lipinski definition) is 2. The van der Waals surface area contributed by atoms with Crippen LogP contribution in [0, 0.1) is 6.92 Å². The average Bonchev–Trinajstić information content (AvgIpc) is 2.35. The molecule has 0 spiro atoms. The number of rotatable bonds is 6. The Morgan fingerprint density at radius 1 is 1.39 bits per heavy atom. The summed E-state index contributed by atoms with van der Waals surface area (Å²) in [5.41, 5.74) is 12.1. The monoisotopic (exact) mass is 251 g/mol. The first-order valence-corrected chi connectivity index (χ1v) is 6.10. The predicted molar refractivity (Wildman–Crippen MR) is 70.5 cm³/mol. The van der Waals surface area contributed by atoms with E-state index in [1.807, 2.05) is 13.8 Å². The minimum Gasteiger partial charge on any atom is -0.476 e. The number of ether oxygens (including phenoxy) is 1. The lowest BCUT2D eigenvalue weighted by Gasteiger charge is -2.26. The topological polar surface area (TPSA) is 91.2 Å². The zero-order valence-electron chi connectivity index (χ0n) is 11.2. The van der Waals surface area contributed by atoms with E-state index in [9.17, 15) is 4.79 Å². The van der Waals surface area contributed by atoms with Gasteiger partial charge in [-0.25, -0.2) is 4.98 Å². The molecule has 18 heavy (non-hydrogen) atoms. The minimum absolute atomic E-state index is 0.363. The maximum Gasteiger partial charge on any atom is 0.248 e. The summed E-state index contributed by atoms with van der Waals surface area (Å²) in [6, 6.07) is 3.17. The normalized spacial score (nSPS) is 11.3. The highest BCUT2D eigenvalue weighted by Gasteiger charge is 2.21. The van der Waals surface area contributed by atoms with Crippen LogP contribution in [0.2, 0.25) is 0 Å². The molecule has 1 amide bonds. The van der Waals surface area contributed by atoms with E-state index in [0.29, 0.717) is 23.7 Å². The number of aryl methyl sites for hydroxylation is 1. The molecular weight excluding hydrogens is 230 g/mol. The summed E-state index contributed by atoms with van der Waals surface area (Å²) in [5.74, 6) is -0.101. The molecule has 0 saturated carbocycles. The van der Waals surface area contributed by atoms with E-state index >= 15 is 0 Å². The third kappa shape index (κ3) is 3.70. The fourth-order valence-electron chi connectivity index (χ4n) is 1.53. The van der Waals surface area contributed by atoms with Gasteiger partial charge in [0.1, 0.15) is 6.61 Å². The molecule has 1 aromatic rings. The van der Waals surface area contributed by atoms with E-state index in [-0.39, 0.29) is 5.54 Å². The summed E-state index contributed by atoms with van der Waals surface area (Å²) in [6.07, 6.45) is 1.63. The number of pyridine rings is 1. The molecule has 100 valence electrons. The number of primary amides is 1. The average molecular weight is 251 g/mol. The van der Waals surface area contributed by atoms with Gasteiger partial charge >= 0.3 is 0 Å². The summed E-state index contributed by atoms with van der Waals surface area (Å²) >= 11 is 0. The zero-order chi connectivity index (χ0) is 13.8. The van der Waals surface area contributed by atoms with Gasteiger partial charge in [0.25, 0.3) is 0 Å². The number of carbonyl (C=O) groups is 1. The quantitative estimate of drug-likeness (QED) is 0.799. The molecule has 0 aliphatic rings. The van der Waals surface area contributed by atoms with Crippen LogP contribution in [-0.4, -0.2) is 23.0 Å². The smallest absolute Gasteiger partial charge is 0.248 e. The number of nitrogens with zero attached hydrogens (tertiary/aromatic N) is 1. The zero-order valence-corrected chi connectivity index (χ0v) is 11.2.